The molecule has 3 heterocycles. The van der Waals surface area contributed by atoms with Gasteiger partial charge in [-0.25, -0.2) is 14.0 Å². The molecule has 4 rings (SSSR count). The fourth-order valence-electron chi connectivity index (χ4n) is 5.33. The van der Waals surface area contributed by atoms with Gasteiger partial charge in [-0.3, -0.25) is 9.59 Å². The molecule has 1 saturated heterocycles. The molecule has 1 aromatic carbocycles. The predicted molar refractivity (Wildman–Crippen MR) is 190 cm³/mol. The minimum Gasteiger partial charge on any atom is -0.480 e. The molecule has 1 atom stereocenters. The highest BCUT2D eigenvalue weighted by Gasteiger charge is 2.42. The van der Waals surface area contributed by atoms with Gasteiger partial charge in [0, 0.05) is 23.2 Å². The lowest BCUT2D eigenvalue weighted by Gasteiger charge is -2.39. The lowest BCUT2D eigenvalue weighted by atomic mass is 9.85. The zero-order valence-corrected chi connectivity index (χ0v) is 31.4. The minimum atomic E-state index is -1.35. The number of amides is 3. The van der Waals surface area contributed by atoms with Crippen LogP contribution in [0.1, 0.15) is 81.0 Å². The van der Waals surface area contributed by atoms with E-state index in [1.54, 1.807) is 32.9 Å². The van der Waals surface area contributed by atoms with Crippen molar-refractivity contribution in [2.75, 3.05) is 51.1 Å². The highest BCUT2D eigenvalue weighted by atomic mass is 127. The Morgan fingerprint density at radius 2 is 1.81 bits per heavy atom. The molecular formula is C33H47FIN5O6S. The number of halogens is 2. The second kappa shape index (κ2) is 15.9. The summed E-state index contributed by atoms with van der Waals surface area (Å²) < 4.78 is 20.9. The molecule has 14 heteroatoms. The molecule has 0 spiro atoms. The Hall–Kier alpha value is -2.98. The molecule has 1 aromatic heterocycles. The van der Waals surface area contributed by atoms with Crippen LogP contribution in [-0.4, -0.2) is 101 Å². The second-order valence-corrected chi connectivity index (χ2v) is 15.6. The maximum atomic E-state index is 14.8. The number of carbonyl (C=O) groups excluding carboxylic acids is 3. The van der Waals surface area contributed by atoms with Crippen LogP contribution in [-0.2, 0) is 16.0 Å². The molecule has 2 aliphatic heterocycles. The van der Waals surface area contributed by atoms with Crippen molar-refractivity contribution < 1.29 is 33.4 Å². The number of benzene rings is 1. The Morgan fingerprint density at radius 1 is 1.17 bits per heavy atom. The Bertz CT molecular complexity index is 1470. The van der Waals surface area contributed by atoms with Crippen LogP contribution in [0.2, 0.25) is 0 Å². The zero-order chi connectivity index (χ0) is 35.3. The Kier molecular flexibility index (Phi) is 13.1. The Labute approximate surface area is 294 Å². The molecule has 47 heavy (non-hydrogen) atoms. The molecule has 0 radical (unpaired) electrons. The largest absolute Gasteiger partial charge is 0.480 e. The van der Waals surface area contributed by atoms with Gasteiger partial charge in [0.25, 0.3) is 11.8 Å². The van der Waals surface area contributed by atoms with E-state index in [9.17, 15) is 28.7 Å². The van der Waals surface area contributed by atoms with E-state index in [4.69, 9.17) is 4.74 Å². The van der Waals surface area contributed by atoms with E-state index in [-0.39, 0.29) is 41.8 Å². The lowest BCUT2D eigenvalue weighted by molar-refractivity contribution is -0.144. The summed E-state index contributed by atoms with van der Waals surface area (Å²) in [5.41, 5.74) is -0.419. The normalized spacial score (nSPS) is 17.6. The van der Waals surface area contributed by atoms with Gasteiger partial charge in [-0.2, -0.15) is 0 Å². The van der Waals surface area contributed by atoms with Gasteiger partial charge in [-0.15, -0.1) is 11.3 Å². The number of nitrogens with one attached hydrogen (secondary N) is 2. The zero-order valence-electron chi connectivity index (χ0n) is 28.5. The predicted octanol–water partition coefficient (Wildman–Crippen LogP) is 6.04. The van der Waals surface area contributed by atoms with Crippen molar-refractivity contribution in [3.05, 3.63) is 43.6 Å². The number of hydrogen-bond donors (Lipinski definition) is 3. The number of thiophene rings is 1. The number of anilines is 2. The second-order valence-electron chi connectivity index (χ2n) is 13.3. The summed E-state index contributed by atoms with van der Waals surface area (Å²) in [6.45, 7) is 19.3. The van der Waals surface area contributed by atoms with Crippen molar-refractivity contribution >= 4 is 68.5 Å². The van der Waals surface area contributed by atoms with Crippen molar-refractivity contribution in [1.29, 1.82) is 0 Å². The van der Waals surface area contributed by atoms with Crippen LogP contribution in [0, 0.1) is 14.8 Å². The number of carboxylic acids is 1. The number of fused-ring (bicyclic) bond motifs is 1. The van der Waals surface area contributed by atoms with E-state index < -0.39 is 40.8 Å². The number of carboxylic acid groups (broad SMARTS) is 1. The first-order valence-corrected chi connectivity index (χ1v) is 17.7. The van der Waals surface area contributed by atoms with Crippen LogP contribution >= 0.6 is 33.9 Å². The number of piperazine rings is 1. The average molecular weight is 788 g/mol. The first-order valence-electron chi connectivity index (χ1n) is 15.8. The molecule has 0 saturated carbocycles. The van der Waals surface area contributed by atoms with Gasteiger partial charge in [0.15, 0.2) is 0 Å². The first-order chi connectivity index (χ1) is 21.9. The molecular weight excluding hydrogens is 740 g/mol. The summed E-state index contributed by atoms with van der Waals surface area (Å²) in [4.78, 5) is 57.4. The molecule has 0 unspecified atom stereocenters. The smallest absolute Gasteiger partial charge is 0.410 e. The minimum absolute atomic E-state index is 0.0629. The summed E-state index contributed by atoms with van der Waals surface area (Å²) in [5, 5.41) is 16.2. The number of hydrogen-bond acceptors (Lipinski definition) is 8. The molecule has 11 nitrogen and oxygen atoms in total. The summed E-state index contributed by atoms with van der Waals surface area (Å²) in [5.74, 6) is -2.76. The van der Waals surface area contributed by atoms with E-state index in [0.29, 0.717) is 27.0 Å². The van der Waals surface area contributed by atoms with Crippen LogP contribution in [0.15, 0.2) is 18.2 Å². The van der Waals surface area contributed by atoms with Crippen LogP contribution in [0.3, 0.4) is 0 Å². The highest BCUT2D eigenvalue weighted by molar-refractivity contribution is 14.1. The molecule has 2 aliphatic rings. The van der Waals surface area contributed by atoms with Crippen LogP contribution in [0.5, 0.6) is 0 Å². The Balaban J connectivity index is 0.000000771. The Morgan fingerprint density at radius 3 is 2.34 bits per heavy atom. The van der Waals surface area contributed by atoms with Crippen molar-refractivity contribution in [2.45, 2.75) is 73.5 Å². The van der Waals surface area contributed by atoms with Crippen LogP contribution in [0.25, 0.3) is 0 Å². The fourth-order valence-corrected chi connectivity index (χ4v) is 6.92. The quantitative estimate of drug-likeness (QED) is 0.290. The molecule has 0 aliphatic carbocycles. The van der Waals surface area contributed by atoms with Crippen LogP contribution in [0.4, 0.5) is 19.9 Å². The molecule has 2 aromatic rings. The molecule has 1 fully saturated rings. The van der Waals surface area contributed by atoms with Gasteiger partial charge in [-0.1, -0.05) is 34.6 Å². The van der Waals surface area contributed by atoms with Gasteiger partial charge in [0.2, 0.25) is 0 Å². The number of nitrogens with zero attached hydrogens (tertiary/aromatic N) is 3. The highest BCUT2D eigenvalue weighted by Crippen LogP contribution is 2.41. The van der Waals surface area contributed by atoms with E-state index in [1.165, 1.54) is 35.5 Å². The van der Waals surface area contributed by atoms with Crippen LogP contribution < -0.4 is 10.6 Å². The monoisotopic (exact) mass is 787 g/mol. The summed E-state index contributed by atoms with van der Waals surface area (Å²) in [7, 11) is 0. The lowest BCUT2D eigenvalue weighted by Crippen LogP contribution is -2.60. The van der Waals surface area contributed by atoms with Crippen molar-refractivity contribution in [3.63, 3.8) is 0 Å². The molecule has 260 valence electrons. The number of rotatable bonds is 7. The first kappa shape index (κ1) is 38.5. The maximum absolute atomic E-state index is 14.8. The standard InChI is InChI=1S/C27H32FIN4O6S.C6H15N/c1-26(2,3)39-25(38)32-8-9-33(18(12-32)24(36)37)23(35)19-15-11-27(4,5)13-30-21(34)20(15)40-22(19)31-17-7-6-14(29)10-16(17)28;1-4-7(5-2)6-3/h6-7,10,18,31H,8-9,11-13H2,1-5H3,(H,30,34)(H,36,37);4-6H2,1-3H3/t18-;/m0./s1. The third-order valence-electron chi connectivity index (χ3n) is 7.91. The summed E-state index contributed by atoms with van der Waals surface area (Å²) in [6.07, 6.45) is -0.296. The third kappa shape index (κ3) is 10.0. The van der Waals surface area contributed by atoms with E-state index >= 15 is 0 Å². The third-order valence-corrected chi connectivity index (χ3v) is 9.73. The summed E-state index contributed by atoms with van der Waals surface area (Å²) in [6, 6.07) is 3.24. The summed E-state index contributed by atoms with van der Waals surface area (Å²) >= 11 is 3.02. The molecule has 3 N–H and O–H groups in total. The number of carbonyl (C=O) groups is 4. The van der Waals surface area contributed by atoms with Gasteiger partial charge < -0.3 is 35.2 Å². The van der Waals surface area contributed by atoms with Gasteiger partial charge in [-0.05, 0) is 98.6 Å². The molecule has 0 bridgehead atoms. The topological polar surface area (TPSA) is 132 Å². The van der Waals surface area contributed by atoms with Gasteiger partial charge in [0.05, 0.1) is 22.7 Å². The average Bonchev–Trinajstić information content (AvgIpc) is 3.28. The van der Waals surface area contributed by atoms with E-state index in [0.717, 1.165) is 11.3 Å². The fraction of sp³-hybridized carbons (Fsp3) is 0.576. The number of aliphatic carboxylic acids is 1. The van der Waals surface area contributed by atoms with E-state index in [2.05, 4.69) is 36.3 Å². The number of ether oxygens (including phenoxy) is 1. The molecule has 3 amide bonds. The van der Waals surface area contributed by atoms with Gasteiger partial charge >= 0.3 is 12.1 Å². The van der Waals surface area contributed by atoms with Crippen molar-refractivity contribution in [3.8, 4) is 0 Å². The van der Waals surface area contributed by atoms with Crippen molar-refractivity contribution in [1.82, 2.24) is 20.0 Å². The SMILES string of the molecule is CC1(C)CNC(=O)c2sc(Nc3ccc(I)cc3F)c(C(=O)N3CCN(C(=O)OC(C)(C)C)C[C@H]3C(=O)O)c2C1.CCN(CC)CC. The van der Waals surface area contributed by atoms with Crippen molar-refractivity contribution in [2.24, 2.45) is 5.41 Å². The van der Waals surface area contributed by atoms with Gasteiger partial charge in [0.1, 0.15) is 22.5 Å². The maximum Gasteiger partial charge on any atom is 0.410 e. The van der Waals surface area contributed by atoms with E-state index in [1.807, 2.05) is 36.4 Å².